The van der Waals surface area contributed by atoms with Gasteiger partial charge in [0.25, 0.3) is 0 Å². The summed E-state index contributed by atoms with van der Waals surface area (Å²) in [5, 5.41) is 2.69. The fourth-order valence-corrected chi connectivity index (χ4v) is 1.46. The van der Waals surface area contributed by atoms with Gasteiger partial charge >= 0.3 is 11.9 Å². The molecule has 0 aromatic rings. The summed E-state index contributed by atoms with van der Waals surface area (Å²) in [4.78, 5) is 22.1. The van der Waals surface area contributed by atoms with Gasteiger partial charge in [-0.15, -0.1) is 0 Å². The van der Waals surface area contributed by atoms with Gasteiger partial charge in [-0.05, 0) is 0 Å². The number of sulfone groups is 1. The summed E-state index contributed by atoms with van der Waals surface area (Å²) in [5.41, 5.74) is 0.248. The van der Waals surface area contributed by atoms with E-state index in [1.807, 2.05) is 0 Å². The van der Waals surface area contributed by atoms with E-state index in [1.165, 1.54) is 14.2 Å². The molecule has 0 aliphatic rings. The summed E-state index contributed by atoms with van der Waals surface area (Å²) in [7, 11) is -0.694. The molecule has 8 heteroatoms. The SMILES string of the molecule is COC(=O)/C=C(/CC(=O)OC)NCCS(C)(=O)=O. The lowest BCUT2D eigenvalue weighted by molar-refractivity contribution is -0.139. The van der Waals surface area contributed by atoms with Crippen LogP contribution in [0, 0.1) is 0 Å². The summed E-state index contributed by atoms with van der Waals surface area (Å²) in [5.74, 6) is -1.29. The van der Waals surface area contributed by atoms with Crippen molar-refractivity contribution in [1.82, 2.24) is 5.32 Å². The molecular weight excluding hydrogens is 262 g/mol. The van der Waals surface area contributed by atoms with Gasteiger partial charge in [-0.2, -0.15) is 0 Å². The van der Waals surface area contributed by atoms with Crippen molar-refractivity contribution in [3.8, 4) is 0 Å². The highest BCUT2D eigenvalue weighted by atomic mass is 32.2. The largest absolute Gasteiger partial charge is 0.469 e. The molecule has 0 aromatic heterocycles. The number of methoxy groups -OCH3 is 2. The van der Waals surface area contributed by atoms with E-state index >= 15 is 0 Å². The van der Waals surface area contributed by atoms with Gasteiger partial charge in [0, 0.05) is 24.6 Å². The molecule has 0 heterocycles. The van der Waals surface area contributed by atoms with Crippen LogP contribution in [0.2, 0.25) is 0 Å². The van der Waals surface area contributed by atoms with E-state index in [0.717, 1.165) is 12.3 Å². The normalized spacial score (nSPS) is 11.8. The zero-order valence-corrected chi connectivity index (χ0v) is 11.4. The van der Waals surface area contributed by atoms with Crippen LogP contribution in [0.5, 0.6) is 0 Å². The minimum Gasteiger partial charge on any atom is -0.469 e. The van der Waals surface area contributed by atoms with E-state index in [0.29, 0.717) is 0 Å². The first-order valence-electron chi connectivity index (χ1n) is 5.05. The molecule has 0 saturated carbocycles. The first-order chi connectivity index (χ1) is 8.28. The molecule has 0 amide bonds. The minimum atomic E-state index is -3.11. The lowest BCUT2D eigenvalue weighted by Gasteiger charge is -2.09. The van der Waals surface area contributed by atoms with Crippen molar-refractivity contribution in [2.75, 3.05) is 32.8 Å². The predicted octanol–water partition coefficient (Wildman–Crippen LogP) is -0.759. The van der Waals surface area contributed by atoms with E-state index < -0.39 is 21.8 Å². The van der Waals surface area contributed by atoms with Crippen molar-refractivity contribution in [2.45, 2.75) is 6.42 Å². The van der Waals surface area contributed by atoms with Crippen LogP contribution in [0.25, 0.3) is 0 Å². The maximum Gasteiger partial charge on any atom is 0.332 e. The van der Waals surface area contributed by atoms with Crippen molar-refractivity contribution in [1.29, 1.82) is 0 Å². The monoisotopic (exact) mass is 279 g/mol. The van der Waals surface area contributed by atoms with Gasteiger partial charge in [-0.1, -0.05) is 0 Å². The van der Waals surface area contributed by atoms with Gasteiger partial charge in [-0.3, -0.25) is 4.79 Å². The zero-order chi connectivity index (χ0) is 14.2. The van der Waals surface area contributed by atoms with Crippen LogP contribution in [0.3, 0.4) is 0 Å². The third-order valence-corrected chi connectivity index (χ3v) is 2.83. The molecule has 104 valence electrons. The van der Waals surface area contributed by atoms with Crippen molar-refractivity contribution < 1.29 is 27.5 Å². The van der Waals surface area contributed by atoms with E-state index in [2.05, 4.69) is 14.8 Å². The molecule has 0 atom stereocenters. The third-order valence-electron chi connectivity index (χ3n) is 1.88. The number of carbonyl (C=O) groups is 2. The number of rotatable bonds is 7. The molecule has 0 rings (SSSR count). The van der Waals surface area contributed by atoms with Crippen molar-refractivity contribution >= 4 is 21.8 Å². The number of carbonyl (C=O) groups excluding carboxylic acids is 2. The molecule has 0 aromatic carbocycles. The quantitative estimate of drug-likeness (QED) is 0.483. The Morgan fingerprint density at radius 3 is 2.28 bits per heavy atom. The van der Waals surface area contributed by atoms with Crippen LogP contribution in [0.15, 0.2) is 11.8 Å². The van der Waals surface area contributed by atoms with Gasteiger partial charge in [0.2, 0.25) is 0 Å². The third kappa shape index (κ3) is 8.57. The molecule has 0 aliphatic carbocycles. The molecule has 0 bridgehead atoms. The van der Waals surface area contributed by atoms with Crippen LogP contribution in [0.4, 0.5) is 0 Å². The highest BCUT2D eigenvalue weighted by molar-refractivity contribution is 7.90. The highest BCUT2D eigenvalue weighted by Gasteiger charge is 2.09. The Bertz CT molecular complexity index is 426. The molecule has 0 unspecified atom stereocenters. The lowest BCUT2D eigenvalue weighted by atomic mass is 10.3. The smallest absolute Gasteiger partial charge is 0.332 e. The topological polar surface area (TPSA) is 98.8 Å². The van der Waals surface area contributed by atoms with Crippen LogP contribution in [-0.2, 0) is 28.9 Å². The number of hydrogen-bond acceptors (Lipinski definition) is 7. The number of nitrogens with one attached hydrogen (secondary N) is 1. The fraction of sp³-hybridized carbons (Fsp3) is 0.600. The zero-order valence-electron chi connectivity index (χ0n) is 10.6. The van der Waals surface area contributed by atoms with Gasteiger partial charge in [-0.25, -0.2) is 13.2 Å². The van der Waals surface area contributed by atoms with Gasteiger partial charge in [0.05, 0.1) is 26.4 Å². The summed E-state index contributed by atoms with van der Waals surface area (Å²) >= 11 is 0. The number of esters is 2. The Morgan fingerprint density at radius 2 is 1.83 bits per heavy atom. The van der Waals surface area contributed by atoms with E-state index in [9.17, 15) is 18.0 Å². The standard InChI is InChI=1S/C10H17NO6S/c1-16-9(12)6-8(7-10(13)17-2)11-4-5-18(3,14)15/h6,11H,4-5,7H2,1-3H3/b8-6-. The molecule has 0 saturated heterocycles. The van der Waals surface area contributed by atoms with Crippen LogP contribution in [-0.4, -0.2) is 53.1 Å². The number of hydrogen-bond donors (Lipinski definition) is 1. The van der Waals surface area contributed by atoms with Gasteiger partial charge < -0.3 is 14.8 Å². The Balaban J connectivity index is 4.53. The summed E-state index contributed by atoms with van der Waals surface area (Å²) in [6.07, 6.45) is 2.02. The molecule has 1 N–H and O–H groups in total. The Kier molecular flexibility index (Phi) is 7.03. The van der Waals surface area contributed by atoms with Crippen LogP contribution in [0.1, 0.15) is 6.42 Å². The molecular formula is C10H17NO6S. The first-order valence-corrected chi connectivity index (χ1v) is 7.11. The van der Waals surface area contributed by atoms with Crippen molar-refractivity contribution in [3.05, 3.63) is 11.8 Å². The molecule has 0 spiro atoms. The van der Waals surface area contributed by atoms with Gasteiger partial charge in [0.15, 0.2) is 0 Å². The first kappa shape index (κ1) is 16.4. The molecule has 7 nitrogen and oxygen atoms in total. The van der Waals surface area contributed by atoms with Gasteiger partial charge in [0.1, 0.15) is 9.84 Å². The van der Waals surface area contributed by atoms with E-state index in [4.69, 9.17) is 0 Å². The van der Waals surface area contributed by atoms with E-state index in [-0.39, 0.29) is 24.4 Å². The summed E-state index contributed by atoms with van der Waals surface area (Å²) in [6.45, 7) is 0.0959. The molecule has 18 heavy (non-hydrogen) atoms. The van der Waals surface area contributed by atoms with Crippen molar-refractivity contribution in [3.63, 3.8) is 0 Å². The predicted molar refractivity (Wildman–Crippen MR) is 64.4 cm³/mol. The Labute approximate surface area is 106 Å². The maximum atomic E-state index is 11.1. The Hall–Kier alpha value is -1.57. The second-order valence-electron chi connectivity index (χ2n) is 3.50. The maximum absolute atomic E-state index is 11.1. The summed E-state index contributed by atoms with van der Waals surface area (Å²) < 4.78 is 30.7. The lowest BCUT2D eigenvalue weighted by Crippen LogP contribution is -2.24. The number of ether oxygens (including phenoxy) is 2. The van der Waals surface area contributed by atoms with E-state index in [1.54, 1.807) is 0 Å². The van der Waals surface area contributed by atoms with Crippen LogP contribution < -0.4 is 5.32 Å². The molecule has 0 aliphatic heterocycles. The average Bonchev–Trinajstić information content (AvgIpc) is 2.26. The minimum absolute atomic E-state index is 0.0959. The second kappa shape index (κ2) is 7.70. The molecule has 0 radical (unpaired) electrons. The van der Waals surface area contributed by atoms with Crippen molar-refractivity contribution in [2.24, 2.45) is 0 Å². The fourth-order valence-electron chi connectivity index (χ4n) is 0.990. The second-order valence-corrected chi connectivity index (χ2v) is 5.76. The van der Waals surface area contributed by atoms with Crippen LogP contribution >= 0.6 is 0 Å². The molecule has 0 fully saturated rings. The Morgan fingerprint density at radius 1 is 1.22 bits per heavy atom. The average molecular weight is 279 g/mol. The summed E-state index contributed by atoms with van der Waals surface area (Å²) in [6, 6.07) is 0. The highest BCUT2D eigenvalue weighted by Crippen LogP contribution is 2.00.